The molecule has 1 fully saturated rings. The highest BCUT2D eigenvalue weighted by molar-refractivity contribution is 6.08. The summed E-state index contributed by atoms with van der Waals surface area (Å²) < 4.78 is 26.0. The average molecular weight is 283 g/mol. The maximum absolute atomic E-state index is 13.1. The number of nitrogens with one attached hydrogen (secondary N) is 1. The number of rotatable bonds is 2. The number of nitrogen functional groups attached to an aromatic ring is 1. The molecule has 0 bridgehead atoms. The molecule has 1 aliphatic rings. The van der Waals surface area contributed by atoms with Crippen molar-refractivity contribution >= 4 is 23.4 Å². The third kappa shape index (κ3) is 2.31. The zero-order valence-electron chi connectivity index (χ0n) is 10.4. The third-order valence-electron chi connectivity index (χ3n) is 3.02. The van der Waals surface area contributed by atoms with Gasteiger partial charge in [0.15, 0.2) is 11.6 Å². The molecule has 106 valence electrons. The number of carbonyl (C=O) groups excluding carboxylic acids is 3. The van der Waals surface area contributed by atoms with Crippen LogP contribution >= 0.6 is 0 Å². The molecule has 1 unspecified atom stereocenters. The number of nitrogens with two attached hydrogens (primary N) is 1. The molecule has 1 saturated heterocycles. The van der Waals surface area contributed by atoms with Crippen molar-refractivity contribution in [1.29, 1.82) is 0 Å². The quantitative estimate of drug-likeness (QED) is 0.592. The predicted molar refractivity (Wildman–Crippen MR) is 64.4 cm³/mol. The normalized spacial score (nSPS) is 18.6. The number of nitrogens with zero attached hydrogens (tertiary/aromatic N) is 1. The fraction of sp³-hybridized carbons (Fsp3) is 0.250. The molecule has 1 aliphatic heterocycles. The number of carbonyl (C=O) groups is 3. The molecular weight excluding hydrogens is 272 g/mol. The standard InChI is InChI=1S/C12H11F2N3O3/c1-17-10(18)4-9(12(17)20)16-11(19)5-2-6(13)7(14)3-8(5)15/h2-3,9H,4,15H2,1H3,(H,16,19). The van der Waals surface area contributed by atoms with E-state index < -0.39 is 35.4 Å². The van der Waals surface area contributed by atoms with Gasteiger partial charge in [-0.25, -0.2) is 8.78 Å². The highest BCUT2D eigenvalue weighted by atomic mass is 19.2. The molecule has 3 amide bonds. The van der Waals surface area contributed by atoms with Crippen molar-refractivity contribution in [2.24, 2.45) is 0 Å². The number of likely N-dealkylation sites (N-methyl/N-ethyl adjacent to an activating group) is 1. The lowest BCUT2D eigenvalue weighted by Crippen LogP contribution is -2.40. The van der Waals surface area contributed by atoms with Crippen molar-refractivity contribution in [3.63, 3.8) is 0 Å². The van der Waals surface area contributed by atoms with Crippen molar-refractivity contribution < 1.29 is 23.2 Å². The molecule has 1 aromatic rings. The maximum Gasteiger partial charge on any atom is 0.254 e. The molecule has 1 atom stereocenters. The predicted octanol–water partition coefficient (Wildman–Crippen LogP) is 0.0341. The Morgan fingerprint density at radius 1 is 1.35 bits per heavy atom. The van der Waals surface area contributed by atoms with Crippen LogP contribution in [0.4, 0.5) is 14.5 Å². The summed E-state index contributed by atoms with van der Waals surface area (Å²) in [6.45, 7) is 0. The zero-order valence-corrected chi connectivity index (χ0v) is 10.4. The van der Waals surface area contributed by atoms with Crippen LogP contribution in [-0.2, 0) is 9.59 Å². The Morgan fingerprint density at radius 2 is 1.95 bits per heavy atom. The molecule has 0 spiro atoms. The van der Waals surface area contributed by atoms with Gasteiger partial charge in [-0.2, -0.15) is 0 Å². The van der Waals surface area contributed by atoms with Gasteiger partial charge in [-0.05, 0) is 6.07 Å². The summed E-state index contributed by atoms with van der Waals surface area (Å²) >= 11 is 0. The van der Waals surface area contributed by atoms with Crippen LogP contribution in [0.3, 0.4) is 0 Å². The number of imide groups is 1. The molecule has 2 rings (SSSR count). The van der Waals surface area contributed by atoms with Gasteiger partial charge < -0.3 is 11.1 Å². The van der Waals surface area contributed by atoms with E-state index in [9.17, 15) is 23.2 Å². The van der Waals surface area contributed by atoms with Crippen LogP contribution in [0, 0.1) is 11.6 Å². The van der Waals surface area contributed by atoms with Gasteiger partial charge in [0.25, 0.3) is 11.8 Å². The third-order valence-corrected chi connectivity index (χ3v) is 3.02. The minimum atomic E-state index is -1.23. The highest BCUT2D eigenvalue weighted by Gasteiger charge is 2.37. The number of hydrogen-bond donors (Lipinski definition) is 2. The first-order chi connectivity index (χ1) is 9.31. The van der Waals surface area contributed by atoms with Gasteiger partial charge in [0, 0.05) is 18.8 Å². The van der Waals surface area contributed by atoms with Crippen LogP contribution in [-0.4, -0.2) is 35.7 Å². The van der Waals surface area contributed by atoms with E-state index >= 15 is 0 Å². The summed E-state index contributed by atoms with van der Waals surface area (Å²) in [5.74, 6) is -4.24. The fourth-order valence-electron chi connectivity index (χ4n) is 1.86. The monoisotopic (exact) mass is 283 g/mol. The second-order valence-electron chi connectivity index (χ2n) is 4.37. The van der Waals surface area contributed by atoms with Gasteiger partial charge in [-0.3, -0.25) is 19.3 Å². The van der Waals surface area contributed by atoms with E-state index in [-0.39, 0.29) is 17.7 Å². The van der Waals surface area contributed by atoms with E-state index in [4.69, 9.17) is 5.73 Å². The van der Waals surface area contributed by atoms with Crippen LogP contribution in [0.1, 0.15) is 16.8 Å². The van der Waals surface area contributed by atoms with Crippen molar-refractivity contribution in [3.05, 3.63) is 29.3 Å². The summed E-state index contributed by atoms with van der Waals surface area (Å²) in [4.78, 5) is 35.7. The lowest BCUT2D eigenvalue weighted by Gasteiger charge is -2.12. The van der Waals surface area contributed by atoms with E-state index in [2.05, 4.69) is 5.32 Å². The van der Waals surface area contributed by atoms with Gasteiger partial charge in [-0.15, -0.1) is 0 Å². The first-order valence-corrected chi connectivity index (χ1v) is 5.67. The van der Waals surface area contributed by atoms with E-state index in [0.717, 1.165) is 4.90 Å². The molecular formula is C12H11F2N3O3. The molecule has 20 heavy (non-hydrogen) atoms. The van der Waals surface area contributed by atoms with Gasteiger partial charge in [0.05, 0.1) is 12.0 Å². The van der Waals surface area contributed by atoms with Crippen LogP contribution in [0.25, 0.3) is 0 Å². The number of anilines is 1. The van der Waals surface area contributed by atoms with Crippen molar-refractivity contribution in [3.8, 4) is 0 Å². The Bertz CT molecular complexity index is 618. The molecule has 8 heteroatoms. The number of amides is 3. The Hall–Kier alpha value is -2.51. The second kappa shape index (κ2) is 4.87. The van der Waals surface area contributed by atoms with E-state index in [0.29, 0.717) is 12.1 Å². The van der Waals surface area contributed by atoms with Crippen molar-refractivity contribution in [2.45, 2.75) is 12.5 Å². The maximum atomic E-state index is 13.1. The molecule has 6 nitrogen and oxygen atoms in total. The zero-order chi connectivity index (χ0) is 15.0. The minimum absolute atomic E-state index is 0.176. The topological polar surface area (TPSA) is 92.5 Å². The van der Waals surface area contributed by atoms with Crippen molar-refractivity contribution in [1.82, 2.24) is 10.2 Å². The van der Waals surface area contributed by atoms with E-state index in [1.807, 2.05) is 0 Å². The van der Waals surface area contributed by atoms with Gasteiger partial charge in [0.2, 0.25) is 5.91 Å². The van der Waals surface area contributed by atoms with Gasteiger partial charge >= 0.3 is 0 Å². The summed E-state index contributed by atoms with van der Waals surface area (Å²) in [5.41, 5.74) is 4.87. The molecule has 0 aromatic heterocycles. The average Bonchev–Trinajstić information content (AvgIpc) is 2.61. The number of likely N-dealkylation sites (tertiary alicyclic amines) is 1. The van der Waals surface area contributed by atoms with Crippen LogP contribution < -0.4 is 11.1 Å². The highest BCUT2D eigenvalue weighted by Crippen LogP contribution is 2.18. The lowest BCUT2D eigenvalue weighted by molar-refractivity contribution is -0.137. The lowest BCUT2D eigenvalue weighted by atomic mass is 10.1. The van der Waals surface area contributed by atoms with Gasteiger partial charge in [-0.1, -0.05) is 0 Å². The Balaban J connectivity index is 2.20. The Kier molecular flexibility index (Phi) is 3.39. The summed E-state index contributed by atoms with van der Waals surface area (Å²) in [6.07, 6.45) is -0.176. The molecule has 1 heterocycles. The van der Waals surface area contributed by atoms with Crippen molar-refractivity contribution in [2.75, 3.05) is 12.8 Å². The van der Waals surface area contributed by atoms with E-state index in [1.165, 1.54) is 7.05 Å². The minimum Gasteiger partial charge on any atom is -0.398 e. The number of halogens is 2. The first-order valence-electron chi connectivity index (χ1n) is 5.67. The van der Waals surface area contributed by atoms with Crippen LogP contribution in [0.15, 0.2) is 12.1 Å². The number of benzene rings is 1. The SMILES string of the molecule is CN1C(=O)CC(NC(=O)c2cc(F)c(F)cc2N)C1=O. The van der Waals surface area contributed by atoms with Crippen LogP contribution in [0.5, 0.6) is 0 Å². The molecule has 1 aromatic carbocycles. The Morgan fingerprint density at radius 3 is 2.50 bits per heavy atom. The summed E-state index contributed by atoms with van der Waals surface area (Å²) in [7, 11) is 1.29. The summed E-state index contributed by atoms with van der Waals surface area (Å²) in [5, 5.41) is 2.27. The van der Waals surface area contributed by atoms with Crippen LogP contribution in [0.2, 0.25) is 0 Å². The molecule has 0 saturated carbocycles. The smallest absolute Gasteiger partial charge is 0.254 e. The van der Waals surface area contributed by atoms with Gasteiger partial charge in [0.1, 0.15) is 6.04 Å². The fourth-order valence-corrected chi connectivity index (χ4v) is 1.86. The second-order valence-corrected chi connectivity index (χ2v) is 4.37. The molecule has 0 aliphatic carbocycles. The van der Waals surface area contributed by atoms with E-state index in [1.54, 1.807) is 0 Å². The Labute approximate surface area is 112 Å². The molecule has 0 radical (unpaired) electrons. The largest absolute Gasteiger partial charge is 0.398 e. The number of hydrogen-bond acceptors (Lipinski definition) is 4. The first kappa shape index (κ1) is 13.9. The molecule has 3 N–H and O–H groups in total. The summed E-state index contributed by atoms with van der Waals surface area (Å²) in [6, 6.07) is 0.302.